The number of nitrogens with zero attached hydrogens (tertiary/aromatic N) is 2. The zero-order valence-corrected chi connectivity index (χ0v) is 14.8. The van der Waals surface area contributed by atoms with Crippen LogP contribution in [0.2, 0.25) is 0 Å². The smallest absolute Gasteiger partial charge is 0.271 e. The molecule has 0 bridgehead atoms. The first kappa shape index (κ1) is 15.2. The molecule has 0 unspecified atom stereocenters. The largest absolute Gasteiger partial charge is 0.297 e. The molecule has 1 fully saturated rings. The lowest BCUT2D eigenvalue weighted by atomic mass is 9.82. The quantitative estimate of drug-likeness (QED) is 0.590. The Morgan fingerprint density at radius 1 is 1.33 bits per heavy atom. The van der Waals surface area contributed by atoms with Crippen LogP contribution in [0.4, 0.5) is 0 Å². The maximum absolute atomic E-state index is 12.7. The summed E-state index contributed by atoms with van der Waals surface area (Å²) in [5.74, 6) is 0. The molecule has 0 N–H and O–H groups in total. The fraction of sp³-hybridized carbons (Fsp3) is 0.625. The van der Waals surface area contributed by atoms with Gasteiger partial charge in [-0.2, -0.15) is 0 Å². The maximum Gasteiger partial charge on any atom is 0.271 e. The highest BCUT2D eigenvalue weighted by atomic mass is 79.9. The molecule has 0 radical (unpaired) electrons. The first-order chi connectivity index (χ1) is 10.2. The van der Waals surface area contributed by atoms with Crippen molar-refractivity contribution in [2.45, 2.75) is 52.0 Å². The van der Waals surface area contributed by atoms with Crippen molar-refractivity contribution in [3.8, 4) is 0 Å². The predicted molar refractivity (Wildman–Crippen MR) is 92.5 cm³/mol. The van der Waals surface area contributed by atoms with Crippen LogP contribution in [-0.2, 0) is 6.54 Å². The minimum absolute atomic E-state index is 0.127. The number of rotatable bonds is 3. The molecule has 2 aromatic rings. The molecule has 1 saturated carbocycles. The summed E-state index contributed by atoms with van der Waals surface area (Å²) in [5.41, 5.74) is 2.31. The average molecular weight is 369 g/mol. The molecule has 114 valence electrons. The van der Waals surface area contributed by atoms with Crippen LogP contribution in [0.1, 0.15) is 44.1 Å². The maximum atomic E-state index is 12.7. The summed E-state index contributed by atoms with van der Waals surface area (Å²) in [6.07, 6.45) is 9.34. The van der Waals surface area contributed by atoms with E-state index in [1.54, 1.807) is 6.33 Å². The summed E-state index contributed by atoms with van der Waals surface area (Å²) in [6, 6.07) is 0. The highest BCUT2D eigenvalue weighted by molar-refractivity contribution is 9.09. The van der Waals surface area contributed by atoms with Crippen molar-refractivity contribution < 1.29 is 0 Å². The monoisotopic (exact) mass is 368 g/mol. The fourth-order valence-corrected chi connectivity index (χ4v) is 5.03. The van der Waals surface area contributed by atoms with E-state index in [2.05, 4.69) is 20.9 Å². The van der Waals surface area contributed by atoms with Gasteiger partial charge in [-0.1, -0.05) is 41.6 Å². The van der Waals surface area contributed by atoms with Gasteiger partial charge >= 0.3 is 0 Å². The van der Waals surface area contributed by atoms with Crippen LogP contribution in [0.5, 0.6) is 0 Å². The summed E-state index contributed by atoms with van der Waals surface area (Å²) >= 11 is 5.23. The molecule has 1 aliphatic rings. The second kappa shape index (κ2) is 6.21. The Labute approximate surface area is 137 Å². The molecule has 2 heterocycles. The SMILES string of the molecule is Cc1csc2c(=O)n(CC3(CBr)CCCCCC3)cnc12. The standard InChI is InChI=1S/C16H21BrN2OS/c1-12-8-21-14-13(12)18-11-19(15(14)20)10-16(9-17)6-4-2-3-5-7-16/h8,11H,2-7,9-10H2,1H3. The normalized spacial score (nSPS) is 18.8. The summed E-state index contributed by atoms with van der Waals surface area (Å²) < 4.78 is 2.64. The van der Waals surface area contributed by atoms with Gasteiger partial charge in [0.15, 0.2) is 0 Å². The van der Waals surface area contributed by atoms with Crippen LogP contribution in [-0.4, -0.2) is 14.9 Å². The number of aromatic nitrogens is 2. The number of aryl methyl sites for hydroxylation is 1. The van der Waals surface area contributed by atoms with Crippen molar-refractivity contribution in [2.24, 2.45) is 5.41 Å². The highest BCUT2D eigenvalue weighted by Crippen LogP contribution is 2.38. The van der Waals surface area contributed by atoms with Crippen LogP contribution < -0.4 is 5.56 Å². The Kier molecular flexibility index (Phi) is 4.50. The molecular weight excluding hydrogens is 348 g/mol. The van der Waals surface area contributed by atoms with Gasteiger partial charge in [0.1, 0.15) is 4.70 Å². The van der Waals surface area contributed by atoms with Gasteiger partial charge in [0.2, 0.25) is 0 Å². The Morgan fingerprint density at radius 2 is 2.05 bits per heavy atom. The van der Waals surface area contributed by atoms with Crippen molar-refractivity contribution in [3.63, 3.8) is 0 Å². The van der Waals surface area contributed by atoms with Crippen LogP contribution in [0.25, 0.3) is 10.2 Å². The number of alkyl halides is 1. The molecule has 0 amide bonds. The highest BCUT2D eigenvalue weighted by Gasteiger charge is 2.31. The molecule has 0 atom stereocenters. The zero-order chi connectivity index (χ0) is 14.9. The Hall–Kier alpha value is -0.680. The first-order valence-corrected chi connectivity index (χ1v) is 9.65. The number of hydrogen-bond acceptors (Lipinski definition) is 3. The van der Waals surface area contributed by atoms with Crippen molar-refractivity contribution in [1.29, 1.82) is 0 Å². The van der Waals surface area contributed by atoms with Crippen molar-refractivity contribution in [2.75, 3.05) is 5.33 Å². The second-order valence-electron chi connectivity index (χ2n) is 6.32. The van der Waals surface area contributed by atoms with Crippen molar-refractivity contribution >= 4 is 37.5 Å². The van der Waals surface area contributed by atoms with E-state index in [1.807, 2.05) is 16.9 Å². The molecule has 21 heavy (non-hydrogen) atoms. The topological polar surface area (TPSA) is 34.9 Å². The Balaban J connectivity index is 1.96. The number of hydrogen-bond donors (Lipinski definition) is 0. The third-order valence-electron chi connectivity index (χ3n) is 4.68. The molecule has 3 nitrogen and oxygen atoms in total. The Bertz CT molecular complexity index is 683. The van der Waals surface area contributed by atoms with Gasteiger partial charge in [-0.25, -0.2) is 4.98 Å². The average Bonchev–Trinajstić information content (AvgIpc) is 2.73. The summed E-state index contributed by atoms with van der Waals surface area (Å²) in [6.45, 7) is 2.80. The molecule has 0 aliphatic heterocycles. The van der Waals surface area contributed by atoms with E-state index in [0.717, 1.165) is 27.7 Å². The van der Waals surface area contributed by atoms with E-state index < -0.39 is 0 Å². The minimum Gasteiger partial charge on any atom is -0.297 e. The molecule has 2 aromatic heterocycles. The first-order valence-electron chi connectivity index (χ1n) is 7.64. The molecule has 5 heteroatoms. The lowest BCUT2D eigenvalue weighted by Crippen LogP contribution is -2.33. The van der Waals surface area contributed by atoms with Gasteiger partial charge in [0.25, 0.3) is 5.56 Å². The van der Waals surface area contributed by atoms with Gasteiger partial charge in [-0.05, 0) is 36.1 Å². The third-order valence-corrected chi connectivity index (χ3v) is 6.94. The van der Waals surface area contributed by atoms with E-state index in [9.17, 15) is 4.79 Å². The van der Waals surface area contributed by atoms with E-state index in [1.165, 1.54) is 49.9 Å². The predicted octanol–water partition coefficient (Wildman–Crippen LogP) is 4.50. The van der Waals surface area contributed by atoms with Crippen molar-refractivity contribution in [1.82, 2.24) is 9.55 Å². The number of halogens is 1. The molecule has 3 rings (SSSR count). The van der Waals surface area contributed by atoms with Gasteiger partial charge in [-0.15, -0.1) is 11.3 Å². The van der Waals surface area contributed by atoms with E-state index in [-0.39, 0.29) is 11.0 Å². The lowest BCUT2D eigenvalue weighted by molar-refractivity contribution is 0.239. The molecule has 0 aromatic carbocycles. The van der Waals surface area contributed by atoms with E-state index in [0.29, 0.717) is 0 Å². The summed E-state index contributed by atoms with van der Waals surface area (Å²) in [7, 11) is 0. The van der Waals surface area contributed by atoms with Crippen LogP contribution in [0.15, 0.2) is 16.5 Å². The van der Waals surface area contributed by atoms with Crippen LogP contribution >= 0.6 is 27.3 Å². The van der Waals surface area contributed by atoms with Gasteiger partial charge in [-0.3, -0.25) is 9.36 Å². The van der Waals surface area contributed by atoms with E-state index >= 15 is 0 Å². The van der Waals surface area contributed by atoms with Gasteiger partial charge in [0.05, 0.1) is 11.8 Å². The van der Waals surface area contributed by atoms with Crippen molar-refractivity contribution in [3.05, 3.63) is 27.6 Å². The fourth-order valence-electron chi connectivity index (χ4n) is 3.35. The number of thiophene rings is 1. The van der Waals surface area contributed by atoms with Gasteiger partial charge in [0, 0.05) is 11.9 Å². The van der Waals surface area contributed by atoms with Crippen LogP contribution in [0.3, 0.4) is 0 Å². The Morgan fingerprint density at radius 3 is 2.71 bits per heavy atom. The third kappa shape index (κ3) is 2.95. The summed E-state index contributed by atoms with van der Waals surface area (Å²) in [5, 5.41) is 2.99. The molecule has 0 spiro atoms. The summed E-state index contributed by atoms with van der Waals surface area (Å²) in [4.78, 5) is 17.2. The zero-order valence-electron chi connectivity index (χ0n) is 12.4. The molecular formula is C16H21BrN2OS. The minimum atomic E-state index is 0.127. The van der Waals surface area contributed by atoms with Gasteiger partial charge < -0.3 is 0 Å². The molecule has 0 saturated heterocycles. The number of fused-ring (bicyclic) bond motifs is 1. The molecule has 1 aliphatic carbocycles. The van der Waals surface area contributed by atoms with E-state index in [4.69, 9.17) is 0 Å². The lowest BCUT2D eigenvalue weighted by Gasteiger charge is -2.31. The second-order valence-corrected chi connectivity index (χ2v) is 7.76. The van der Waals surface area contributed by atoms with Crippen LogP contribution in [0, 0.1) is 12.3 Å².